The van der Waals surface area contributed by atoms with Crippen LogP contribution in [0.5, 0.6) is 0 Å². The van der Waals surface area contributed by atoms with Crippen molar-refractivity contribution < 1.29 is 12.6 Å². The minimum Gasteiger partial charge on any atom is -0.456 e. The van der Waals surface area contributed by atoms with Gasteiger partial charge in [0.2, 0.25) is 0 Å². The van der Waals surface area contributed by atoms with E-state index in [1.807, 2.05) is 30.3 Å². The molecule has 0 aliphatic rings. The van der Waals surface area contributed by atoms with E-state index in [2.05, 4.69) is 109 Å². The molecule has 0 amide bonds. The second-order valence-corrected chi connectivity index (χ2v) is 12.4. The van der Waals surface area contributed by atoms with Gasteiger partial charge in [-0.3, -0.25) is 0 Å². The Balaban J connectivity index is 1.20. The molecule has 10 aromatic rings. The van der Waals surface area contributed by atoms with Gasteiger partial charge < -0.3 is 4.42 Å². The lowest BCUT2D eigenvalue weighted by Gasteiger charge is -2.18. The molecule has 0 unspecified atom stereocenters. The zero-order chi connectivity index (χ0) is 37.5. The molecule has 0 bridgehead atoms. The van der Waals surface area contributed by atoms with Crippen LogP contribution < -0.4 is 0 Å². The smallest absolute Gasteiger partial charge is 0.136 e. The molecule has 0 aliphatic carbocycles. The number of hydrogen-bond acceptors (Lipinski definition) is 1. The number of hydrogen-bond donors (Lipinski definition) is 0. The number of furan rings is 1. The summed E-state index contributed by atoms with van der Waals surface area (Å²) in [6.07, 6.45) is 0. The van der Waals surface area contributed by atoms with Gasteiger partial charge in [0.1, 0.15) is 11.2 Å². The molecule has 1 nitrogen and oxygen atoms in total. The normalized spacial score (nSPS) is 13.4. The Morgan fingerprint density at radius 1 is 0.388 bits per heavy atom. The number of benzene rings is 9. The van der Waals surface area contributed by atoms with Crippen LogP contribution >= 0.6 is 0 Å². The van der Waals surface area contributed by atoms with Crippen LogP contribution in [0.25, 0.3) is 98.8 Å². The lowest BCUT2D eigenvalue weighted by Crippen LogP contribution is -1.91. The van der Waals surface area contributed by atoms with Crippen molar-refractivity contribution >= 4 is 54.3 Å². The fourth-order valence-corrected chi connectivity index (χ4v) is 7.39. The highest BCUT2D eigenvalue weighted by Gasteiger charge is 2.18. The summed E-state index contributed by atoms with van der Waals surface area (Å²) < 4.78 is 58.3. The van der Waals surface area contributed by atoms with Crippen molar-refractivity contribution in [3.63, 3.8) is 0 Å². The second kappa shape index (κ2) is 11.1. The maximum Gasteiger partial charge on any atom is 0.136 e. The maximum atomic E-state index is 9.30. The van der Waals surface area contributed by atoms with Gasteiger partial charge in [0.15, 0.2) is 0 Å². The van der Waals surface area contributed by atoms with E-state index >= 15 is 0 Å². The first-order valence-corrected chi connectivity index (χ1v) is 16.4. The summed E-state index contributed by atoms with van der Waals surface area (Å²) in [7, 11) is 0. The summed E-state index contributed by atoms with van der Waals surface area (Å²) >= 11 is 0. The average molecular weight is 629 g/mol. The van der Waals surface area contributed by atoms with Crippen LogP contribution in [0.15, 0.2) is 186 Å². The fourth-order valence-electron chi connectivity index (χ4n) is 7.39. The Kier molecular flexibility index (Phi) is 5.02. The molecule has 0 fully saturated rings. The van der Waals surface area contributed by atoms with Crippen molar-refractivity contribution in [1.29, 1.82) is 0 Å². The van der Waals surface area contributed by atoms with E-state index in [4.69, 9.17) is 11.3 Å². The minimum absolute atomic E-state index is 0.0135. The Hall–Kier alpha value is -6.44. The predicted molar refractivity (Wildman–Crippen MR) is 208 cm³/mol. The minimum atomic E-state index is -0.438. The molecule has 0 spiro atoms. The summed E-state index contributed by atoms with van der Waals surface area (Å²) in [5, 5.41) is 5.54. The van der Waals surface area contributed by atoms with Crippen molar-refractivity contribution in [2.45, 2.75) is 0 Å². The topological polar surface area (TPSA) is 13.1 Å². The molecule has 228 valence electrons. The van der Waals surface area contributed by atoms with E-state index < -0.39 is 12.1 Å². The second-order valence-electron chi connectivity index (χ2n) is 12.4. The van der Waals surface area contributed by atoms with Crippen LogP contribution in [0, 0.1) is 0 Å². The van der Waals surface area contributed by atoms with Crippen molar-refractivity contribution in [3.05, 3.63) is 182 Å². The van der Waals surface area contributed by atoms with Crippen LogP contribution in [0.3, 0.4) is 0 Å². The Morgan fingerprint density at radius 2 is 0.918 bits per heavy atom. The lowest BCUT2D eigenvalue weighted by atomic mass is 9.85. The molecule has 0 aliphatic heterocycles. The van der Waals surface area contributed by atoms with Gasteiger partial charge in [-0.1, -0.05) is 158 Å². The van der Waals surface area contributed by atoms with Crippen LogP contribution in [0.2, 0.25) is 0 Å². The zero-order valence-corrected chi connectivity index (χ0v) is 26.3. The van der Waals surface area contributed by atoms with Crippen LogP contribution in [0.4, 0.5) is 0 Å². The summed E-state index contributed by atoms with van der Waals surface area (Å²) in [4.78, 5) is 0. The van der Waals surface area contributed by atoms with Gasteiger partial charge in [-0.15, -0.1) is 0 Å². The van der Waals surface area contributed by atoms with Crippen LogP contribution in [-0.2, 0) is 0 Å². The Bertz CT molecular complexity index is 3150. The molecule has 0 radical (unpaired) electrons. The monoisotopic (exact) mass is 628 g/mol. The van der Waals surface area contributed by atoms with Gasteiger partial charge in [0, 0.05) is 10.8 Å². The molecule has 9 aromatic carbocycles. The van der Waals surface area contributed by atoms with Crippen molar-refractivity contribution in [1.82, 2.24) is 0 Å². The van der Waals surface area contributed by atoms with Gasteiger partial charge in [-0.05, 0) is 101 Å². The van der Waals surface area contributed by atoms with Crippen molar-refractivity contribution in [2.24, 2.45) is 0 Å². The third-order valence-electron chi connectivity index (χ3n) is 9.57. The number of rotatable bonds is 4. The zero-order valence-electron chi connectivity index (χ0n) is 32.3. The highest BCUT2D eigenvalue weighted by molar-refractivity contribution is 6.22. The Morgan fingerprint density at radius 3 is 1.61 bits per heavy atom. The lowest BCUT2D eigenvalue weighted by molar-refractivity contribution is 0.669. The molecule has 1 aromatic heterocycles. The van der Waals surface area contributed by atoms with Gasteiger partial charge in [0.25, 0.3) is 0 Å². The van der Waals surface area contributed by atoms with E-state index in [0.717, 1.165) is 49.4 Å². The molecule has 0 saturated carbocycles. The van der Waals surface area contributed by atoms with Crippen molar-refractivity contribution in [3.8, 4) is 44.5 Å². The quantitative estimate of drug-likeness (QED) is 0.177. The maximum absolute atomic E-state index is 9.30. The fraction of sp³-hybridized carbons (Fsp3) is 0. The van der Waals surface area contributed by atoms with Crippen LogP contribution in [-0.4, -0.2) is 0 Å². The molecule has 1 heterocycles. The largest absolute Gasteiger partial charge is 0.456 e. The van der Waals surface area contributed by atoms with E-state index in [0.29, 0.717) is 16.4 Å². The molecule has 10 rings (SSSR count). The van der Waals surface area contributed by atoms with Crippen molar-refractivity contribution in [2.75, 3.05) is 0 Å². The molecule has 0 saturated heterocycles. The average Bonchev–Trinajstić information content (AvgIpc) is 3.64. The van der Waals surface area contributed by atoms with E-state index in [1.165, 1.54) is 16.7 Å². The Labute approximate surface area is 292 Å². The molecule has 1 heteroatoms. The molecule has 0 N–H and O–H groups in total. The van der Waals surface area contributed by atoms with Gasteiger partial charge in [-0.25, -0.2) is 0 Å². The third kappa shape index (κ3) is 4.47. The number of fused-ring (bicyclic) bond motifs is 6. The molecule has 0 atom stereocenters. The molecule has 49 heavy (non-hydrogen) atoms. The van der Waals surface area contributed by atoms with E-state index in [1.54, 1.807) is 6.07 Å². The first-order valence-electron chi connectivity index (χ1n) is 19.4. The summed E-state index contributed by atoms with van der Waals surface area (Å²) in [5.74, 6) is 0. The standard InChI is InChI=1S/C48H30O/c1-2-12-31(13-3-1)32-24-26-33(27-25-32)46-39-18-6-8-20-41(39)47(42-21-9-7-19-40(42)46)37-17-10-16-36(28-37)38-22-11-23-44-48(38)43-29-34-14-4-5-15-35(34)30-45(43)49-44/h1-30H/i4D,5D,14D,15D,29D,30D. The first-order chi connectivity index (χ1) is 26.8. The SMILES string of the molecule is [2H]c1c([2H])c([2H])c2c([2H])c3c(oc4cccc(-c5cccc(-c6c7ccccc7c(-c7ccc(-c8ccccc8)cc7)c7ccccc67)c5)c43)c([2H])c2c1[2H]. The molecular formula is C48H30O. The van der Waals surface area contributed by atoms with Crippen LogP contribution in [0.1, 0.15) is 8.22 Å². The summed E-state index contributed by atoms with van der Waals surface area (Å²) in [6, 6.07) is 48.5. The highest BCUT2D eigenvalue weighted by atomic mass is 16.3. The third-order valence-corrected chi connectivity index (χ3v) is 9.57. The van der Waals surface area contributed by atoms with Gasteiger partial charge in [-0.2, -0.15) is 0 Å². The van der Waals surface area contributed by atoms with E-state index in [9.17, 15) is 1.37 Å². The summed E-state index contributed by atoms with van der Waals surface area (Å²) in [6.45, 7) is 0. The predicted octanol–water partition coefficient (Wildman–Crippen LogP) is 13.7. The van der Waals surface area contributed by atoms with E-state index in [-0.39, 0.29) is 40.5 Å². The molecular weight excluding hydrogens is 593 g/mol. The first kappa shape index (κ1) is 22.2. The highest BCUT2D eigenvalue weighted by Crippen LogP contribution is 2.45. The van der Waals surface area contributed by atoms with Gasteiger partial charge >= 0.3 is 0 Å². The van der Waals surface area contributed by atoms with Gasteiger partial charge in [0.05, 0.1) is 8.22 Å². The summed E-state index contributed by atoms with van der Waals surface area (Å²) in [5.41, 5.74) is 9.10.